The van der Waals surface area contributed by atoms with Crippen molar-refractivity contribution in [3.05, 3.63) is 69.7 Å². The molecule has 2 aliphatic heterocycles. The van der Waals surface area contributed by atoms with Crippen LogP contribution in [-0.4, -0.2) is 61.2 Å². The Morgan fingerprint density at radius 1 is 0.969 bits per heavy atom. The van der Waals surface area contributed by atoms with E-state index < -0.39 is 0 Å². The Bertz CT molecular complexity index is 885. The molecule has 0 aromatic heterocycles. The van der Waals surface area contributed by atoms with Crippen molar-refractivity contribution in [1.29, 1.82) is 0 Å². The summed E-state index contributed by atoms with van der Waals surface area (Å²) >= 11 is 12.3. The van der Waals surface area contributed by atoms with Gasteiger partial charge in [0.2, 0.25) is 5.91 Å². The van der Waals surface area contributed by atoms with Gasteiger partial charge in [-0.3, -0.25) is 9.69 Å². The van der Waals surface area contributed by atoms with E-state index in [1.165, 1.54) is 0 Å². The Morgan fingerprint density at radius 3 is 2.16 bits per heavy atom. The molecule has 2 heterocycles. The molecule has 2 saturated heterocycles. The standard InChI is InChI=1S/C25H30Cl2N2O3/c1-2-3-22(16-28-12-14-31-15-13-28)29-23(30)17-32-25(19-6-10-21(27)11-7-19)24(29)18-4-8-20(26)9-5-18/h4-11,22,24-25H,2-3,12-17H2,1H3/t22-,24-,25+/m0/s1. The summed E-state index contributed by atoms with van der Waals surface area (Å²) in [6.07, 6.45) is 1.65. The number of morpholine rings is 2. The van der Waals surface area contributed by atoms with Crippen LogP contribution in [0.5, 0.6) is 0 Å². The molecular weight excluding hydrogens is 447 g/mol. The van der Waals surface area contributed by atoms with E-state index in [0.717, 1.165) is 56.8 Å². The molecule has 0 unspecified atom stereocenters. The summed E-state index contributed by atoms with van der Waals surface area (Å²) in [5, 5.41) is 1.35. The maximum Gasteiger partial charge on any atom is 0.249 e. The zero-order valence-electron chi connectivity index (χ0n) is 18.4. The number of carbonyl (C=O) groups is 1. The Hall–Kier alpha value is -1.63. The molecule has 32 heavy (non-hydrogen) atoms. The summed E-state index contributed by atoms with van der Waals surface area (Å²) in [7, 11) is 0. The first-order valence-electron chi connectivity index (χ1n) is 11.3. The quantitative estimate of drug-likeness (QED) is 0.554. The van der Waals surface area contributed by atoms with Crippen LogP contribution in [0.3, 0.4) is 0 Å². The van der Waals surface area contributed by atoms with Gasteiger partial charge >= 0.3 is 0 Å². The van der Waals surface area contributed by atoms with Gasteiger partial charge in [0.15, 0.2) is 0 Å². The highest BCUT2D eigenvalue weighted by molar-refractivity contribution is 6.30. The number of nitrogens with zero attached hydrogens (tertiary/aromatic N) is 2. The predicted octanol–water partition coefficient (Wildman–Crippen LogP) is 5.14. The van der Waals surface area contributed by atoms with E-state index in [4.69, 9.17) is 32.7 Å². The highest BCUT2D eigenvalue weighted by Gasteiger charge is 2.42. The molecule has 172 valence electrons. The number of carbonyl (C=O) groups excluding carboxylic acids is 1. The van der Waals surface area contributed by atoms with Gasteiger partial charge in [0.05, 0.1) is 19.3 Å². The monoisotopic (exact) mass is 476 g/mol. The van der Waals surface area contributed by atoms with Gasteiger partial charge in [0.25, 0.3) is 0 Å². The summed E-state index contributed by atoms with van der Waals surface area (Å²) in [4.78, 5) is 17.8. The van der Waals surface area contributed by atoms with E-state index in [0.29, 0.717) is 10.0 Å². The van der Waals surface area contributed by atoms with Crippen LogP contribution in [0.2, 0.25) is 10.0 Å². The van der Waals surface area contributed by atoms with Crippen molar-refractivity contribution in [3.8, 4) is 0 Å². The second-order valence-corrected chi connectivity index (χ2v) is 9.31. The van der Waals surface area contributed by atoms with Crippen LogP contribution in [0.1, 0.15) is 43.0 Å². The van der Waals surface area contributed by atoms with Gasteiger partial charge in [-0.25, -0.2) is 0 Å². The van der Waals surface area contributed by atoms with Gasteiger partial charge in [-0.1, -0.05) is 60.8 Å². The second kappa shape index (κ2) is 11.0. The minimum Gasteiger partial charge on any atom is -0.379 e. The third kappa shape index (κ3) is 5.46. The minimum absolute atomic E-state index is 0.0295. The minimum atomic E-state index is -0.282. The molecule has 3 atom stereocenters. The van der Waals surface area contributed by atoms with Crippen LogP contribution in [0.25, 0.3) is 0 Å². The van der Waals surface area contributed by atoms with Gasteiger partial charge < -0.3 is 14.4 Å². The molecule has 2 aromatic rings. The molecule has 0 radical (unpaired) electrons. The average molecular weight is 477 g/mol. The number of rotatable bonds is 7. The number of ether oxygens (including phenoxy) is 2. The molecule has 2 fully saturated rings. The first kappa shape index (κ1) is 23.5. The van der Waals surface area contributed by atoms with Crippen molar-refractivity contribution in [1.82, 2.24) is 9.80 Å². The fraction of sp³-hybridized carbons (Fsp3) is 0.480. The molecule has 5 nitrogen and oxygen atoms in total. The smallest absolute Gasteiger partial charge is 0.249 e. The largest absolute Gasteiger partial charge is 0.379 e. The van der Waals surface area contributed by atoms with Crippen LogP contribution in [0.15, 0.2) is 48.5 Å². The molecule has 7 heteroatoms. The average Bonchev–Trinajstić information content (AvgIpc) is 2.81. The summed E-state index contributed by atoms with van der Waals surface area (Å²) < 4.78 is 11.7. The van der Waals surface area contributed by atoms with Crippen molar-refractivity contribution in [2.75, 3.05) is 39.5 Å². The van der Waals surface area contributed by atoms with E-state index >= 15 is 0 Å². The molecule has 0 saturated carbocycles. The predicted molar refractivity (Wildman–Crippen MR) is 127 cm³/mol. The topological polar surface area (TPSA) is 42.0 Å². The maximum absolute atomic E-state index is 13.3. The first-order valence-corrected chi connectivity index (χ1v) is 12.1. The molecule has 1 amide bonds. The van der Waals surface area contributed by atoms with Gasteiger partial charge in [-0.15, -0.1) is 0 Å². The van der Waals surface area contributed by atoms with Crippen LogP contribution in [0.4, 0.5) is 0 Å². The van der Waals surface area contributed by atoms with Gasteiger partial charge in [-0.05, 0) is 41.8 Å². The van der Waals surface area contributed by atoms with Crippen LogP contribution >= 0.6 is 23.2 Å². The number of hydrogen-bond donors (Lipinski definition) is 0. The van der Waals surface area contributed by atoms with Crippen molar-refractivity contribution >= 4 is 29.1 Å². The number of benzene rings is 2. The normalized spacial score (nSPS) is 23.3. The SMILES string of the molecule is CCC[C@@H](CN1CCOCC1)N1C(=O)CO[C@H](c2ccc(Cl)cc2)[C@@H]1c1ccc(Cl)cc1. The molecule has 2 aliphatic rings. The van der Waals surface area contributed by atoms with E-state index in [2.05, 4.69) is 16.7 Å². The Labute approximate surface area is 200 Å². The van der Waals surface area contributed by atoms with E-state index in [-0.39, 0.29) is 30.7 Å². The lowest BCUT2D eigenvalue weighted by Gasteiger charge is -2.47. The highest BCUT2D eigenvalue weighted by atomic mass is 35.5. The fourth-order valence-corrected chi connectivity index (χ4v) is 4.97. The zero-order valence-corrected chi connectivity index (χ0v) is 19.9. The molecule has 0 aliphatic carbocycles. The molecule has 0 spiro atoms. The third-order valence-corrected chi connectivity index (χ3v) is 6.76. The first-order chi connectivity index (χ1) is 15.6. The molecular formula is C25H30Cl2N2O3. The third-order valence-electron chi connectivity index (χ3n) is 6.26. The van der Waals surface area contributed by atoms with Crippen molar-refractivity contribution in [3.63, 3.8) is 0 Å². The van der Waals surface area contributed by atoms with E-state index in [9.17, 15) is 4.79 Å². The Balaban J connectivity index is 1.72. The second-order valence-electron chi connectivity index (χ2n) is 8.44. The number of hydrogen-bond acceptors (Lipinski definition) is 4. The maximum atomic E-state index is 13.3. The zero-order chi connectivity index (χ0) is 22.5. The highest BCUT2D eigenvalue weighted by Crippen LogP contribution is 2.42. The lowest BCUT2D eigenvalue weighted by atomic mass is 9.90. The lowest BCUT2D eigenvalue weighted by molar-refractivity contribution is -0.164. The van der Waals surface area contributed by atoms with Crippen LogP contribution in [0, 0.1) is 0 Å². The summed E-state index contributed by atoms with van der Waals surface area (Å²) in [6, 6.07) is 15.3. The van der Waals surface area contributed by atoms with Crippen molar-refractivity contribution < 1.29 is 14.3 Å². The van der Waals surface area contributed by atoms with Crippen LogP contribution in [-0.2, 0) is 14.3 Å². The number of amides is 1. The van der Waals surface area contributed by atoms with Gasteiger partial charge in [0, 0.05) is 35.7 Å². The van der Waals surface area contributed by atoms with Crippen molar-refractivity contribution in [2.24, 2.45) is 0 Å². The Morgan fingerprint density at radius 2 is 1.56 bits per heavy atom. The molecule has 4 rings (SSSR count). The summed E-state index contributed by atoms with van der Waals surface area (Å²) in [6.45, 7) is 6.34. The fourth-order valence-electron chi connectivity index (χ4n) is 4.72. The van der Waals surface area contributed by atoms with Crippen molar-refractivity contribution in [2.45, 2.75) is 38.0 Å². The van der Waals surface area contributed by atoms with Crippen LogP contribution < -0.4 is 0 Å². The summed E-state index contributed by atoms with van der Waals surface area (Å²) in [5.41, 5.74) is 2.03. The van der Waals surface area contributed by atoms with Gasteiger partial charge in [0.1, 0.15) is 12.7 Å². The van der Waals surface area contributed by atoms with E-state index in [1.807, 2.05) is 48.5 Å². The Kier molecular flexibility index (Phi) is 8.08. The lowest BCUT2D eigenvalue weighted by Crippen LogP contribution is -2.55. The molecule has 2 aromatic carbocycles. The van der Waals surface area contributed by atoms with E-state index in [1.54, 1.807) is 0 Å². The summed E-state index contributed by atoms with van der Waals surface area (Å²) in [5.74, 6) is 0.0295. The number of halogens is 2. The molecule has 0 N–H and O–H groups in total. The molecule has 0 bridgehead atoms. The van der Waals surface area contributed by atoms with Gasteiger partial charge in [-0.2, -0.15) is 0 Å².